The fourth-order valence-corrected chi connectivity index (χ4v) is 1.84. The quantitative estimate of drug-likeness (QED) is 0.468. The predicted octanol–water partition coefficient (Wildman–Crippen LogP) is -0.303. The van der Waals surface area contributed by atoms with E-state index in [2.05, 4.69) is 5.32 Å². The lowest BCUT2D eigenvalue weighted by Gasteiger charge is -2.13. The normalized spacial score (nSPS) is 11.0. The molecule has 0 radical (unpaired) electrons. The fraction of sp³-hybridized carbons (Fsp3) is 0.412. The highest BCUT2D eigenvalue weighted by Crippen LogP contribution is 2.02. The van der Waals surface area contributed by atoms with Crippen LogP contribution in [0.15, 0.2) is 30.3 Å². The van der Waals surface area contributed by atoms with Crippen LogP contribution in [0.25, 0.3) is 0 Å². The number of carboxylic acid groups (broad SMARTS) is 2. The van der Waals surface area contributed by atoms with Gasteiger partial charge in [-0.25, -0.2) is 4.79 Å². The maximum absolute atomic E-state index is 11.7. The number of hydrogen-bond acceptors (Lipinski definition) is 5. The number of carbonyl (C=O) groups excluding carboxylic acids is 2. The second-order valence-electron chi connectivity index (χ2n) is 5.76. The first-order chi connectivity index (χ1) is 12.1. The highest BCUT2D eigenvalue weighted by Gasteiger charge is 2.20. The Bertz CT molecular complexity index is 604. The van der Waals surface area contributed by atoms with Crippen LogP contribution in [0.2, 0.25) is 0 Å². The Kier molecular flexibility index (Phi) is 11.0. The largest absolute Gasteiger partial charge is 0.480 e. The van der Waals surface area contributed by atoms with Crippen molar-refractivity contribution in [2.75, 3.05) is 20.6 Å². The van der Waals surface area contributed by atoms with Crippen LogP contribution < -0.4 is 11.1 Å². The van der Waals surface area contributed by atoms with Crippen molar-refractivity contribution in [3.8, 4) is 0 Å². The van der Waals surface area contributed by atoms with Gasteiger partial charge in [-0.1, -0.05) is 30.3 Å². The van der Waals surface area contributed by atoms with Crippen LogP contribution in [0.3, 0.4) is 0 Å². The summed E-state index contributed by atoms with van der Waals surface area (Å²) in [5, 5.41) is 19.4. The standard InChI is InChI=1S/C13H16N2O4.C4H9NO2/c14-11(16)7-6-10(13(18)19)15-12(17)8-9-4-2-1-3-5-9;1-5(2)3-4(6)7/h1-5,10H,6-8H2,(H2,14,16)(H,15,17)(H,18,19);3H2,1-2H3,(H,6,7)/t10-;/m0./s1. The van der Waals surface area contributed by atoms with Crippen molar-refractivity contribution >= 4 is 23.8 Å². The minimum absolute atomic E-state index is 0.00873. The molecule has 0 bridgehead atoms. The second-order valence-corrected chi connectivity index (χ2v) is 5.76. The molecule has 0 aliphatic rings. The molecule has 1 aromatic carbocycles. The Morgan fingerprint density at radius 1 is 1.12 bits per heavy atom. The average Bonchev–Trinajstić information content (AvgIpc) is 2.51. The summed E-state index contributed by atoms with van der Waals surface area (Å²) in [6.07, 6.45) is 0.00890. The number of hydrogen-bond donors (Lipinski definition) is 4. The first-order valence-corrected chi connectivity index (χ1v) is 7.82. The zero-order valence-electron chi connectivity index (χ0n) is 14.8. The molecule has 0 saturated heterocycles. The molecule has 0 fully saturated rings. The van der Waals surface area contributed by atoms with Crippen molar-refractivity contribution < 1.29 is 29.4 Å². The van der Waals surface area contributed by atoms with Crippen LogP contribution in [0.4, 0.5) is 0 Å². The van der Waals surface area contributed by atoms with Crippen molar-refractivity contribution in [2.24, 2.45) is 5.73 Å². The van der Waals surface area contributed by atoms with E-state index in [1.165, 1.54) is 0 Å². The van der Waals surface area contributed by atoms with Gasteiger partial charge in [0.15, 0.2) is 0 Å². The van der Waals surface area contributed by atoms with Gasteiger partial charge in [-0.15, -0.1) is 0 Å². The van der Waals surface area contributed by atoms with Gasteiger partial charge in [-0.2, -0.15) is 0 Å². The number of primary amides is 1. The Labute approximate surface area is 151 Å². The van der Waals surface area contributed by atoms with Gasteiger partial charge in [0.25, 0.3) is 0 Å². The van der Waals surface area contributed by atoms with Gasteiger partial charge in [0, 0.05) is 6.42 Å². The van der Waals surface area contributed by atoms with E-state index >= 15 is 0 Å². The number of nitrogens with zero attached hydrogens (tertiary/aromatic N) is 1. The van der Waals surface area contributed by atoms with Gasteiger partial charge in [-0.05, 0) is 26.1 Å². The molecule has 1 atom stereocenters. The predicted molar refractivity (Wildman–Crippen MR) is 94.3 cm³/mol. The molecule has 2 amide bonds. The van der Waals surface area contributed by atoms with Crippen LogP contribution in [0, 0.1) is 0 Å². The summed E-state index contributed by atoms with van der Waals surface area (Å²) < 4.78 is 0. The number of benzene rings is 1. The smallest absolute Gasteiger partial charge is 0.326 e. The van der Waals surface area contributed by atoms with Gasteiger partial charge < -0.3 is 21.3 Å². The SMILES string of the molecule is CN(C)CC(=O)O.NC(=O)CC[C@H](NC(=O)Cc1ccccc1)C(=O)O. The van der Waals surface area contributed by atoms with E-state index in [1.807, 2.05) is 6.07 Å². The van der Waals surface area contributed by atoms with E-state index < -0.39 is 29.8 Å². The lowest BCUT2D eigenvalue weighted by Crippen LogP contribution is -2.42. The highest BCUT2D eigenvalue weighted by molar-refractivity contribution is 5.85. The van der Waals surface area contributed by atoms with E-state index in [1.54, 1.807) is 43.3 Å². The number of carboxylic acids is 2. The first kappa shape index (κ1) is 23.1. The molecule has 0 spiro atoms. The van der Waals surface area contributed by atoms with E-state index in [0.717, 1.165) is 5.56 Å². The van der Waals surface area contributed by atoms with Crippen LogP contribution in [0.1, 0.15) is 18.4 Å². The third kappa shape index (κ3) is 12.5. The number of rotatable bonds is 9. The third-order valence-electron chi connectivity index (χ3n) is 2.97. The molecule has 0 aromatic heterocycles. The lowest BCUT2D eigenvalue weighted by molar-refractivity contribution is -0.142. The summed E-state index contributed by atoms with van der Waals surface area (Å²) in [6.45, 7) is 0.111. The Morgan fingerprint density at radius 3 is 2.08 bits per heavy atom. The lowest BCUT2D eigenvalue weighted by atomic mass is 10.1. The number of carbonyl (C=O) groups is 4. The number of amides is 2. The fourth-order valence-electron chi connectivity index (χ4n) is 1.84. The molecular weight excluding hydrogens is 342 g/mol. The highest BCUT2D eigenvalue weighted by atomic mass is 16.4. The summed E-state index contributed by atoms with van der Waals surface area (Å²) in [6, 6.07) is 7.88. The molecule has 0 aliphatic heterocycles. The summed E-state index contributed by atoms with van der Waals surface area (Å²) in [5.41, 5.74) is 5.74. The molecule has 1 rings (SSSR count). The van der Waals surface area contributed by atoms with Crippen molar-refractivity contribution in [3.63, 3.8) is 0 Å². The number of nitrogens with one attached hydrogen (secondary N) is 1. The maximum Gasteiger partial charge on any atom is 0.326 e. The molecular formula is C17H25N3O6. The summed E-state index contributed by atoms with van der Waals surface area (Å²) in [5.74, 6) is -2.96. The molecule has 26 heavy (non-hydrogen) atoms. The van der Waals surface area contributed by atoms with Crippen LogP contribution in [0.5, 0.6) is 0 Å². The average molecular weight is 367 g/mol. The Morgan fingerprint density at radius 2 is 1.69 bits per heavy atom. The van der Waals surface area contributed by atoms with Crippen molar-refractivity contribution in [1.82, 2.24) is 10.2 Å². The molecule has 5 N–H and O–H groups in total. The summed E-state index contributed by atoms with van der Waals surface area (Å²) in [4.78, 5) is 44.6. The van der Waals surface area contributed by atoms with E-state index in [-0.39, 0.29) is 25.8 Å². The van der Waals surface area contributed by atoms with Crippen LogP contribution in [-0.4, -0.2) is 65.5 Å². The molecule has 1 aromatic rings. The van der Waals surface area contributed by atoms with Crippen LogP contribution in [-0.2, 0) is 25.6 Å². The topological polar surface area (TPSA) is 150 Å². The zero-order valence-corrected chi connectivity index (χ0v) is 14.8. The van der Waals surface area contributed by atoms with E-state index in [4.69, 9.17) is 15.9 Å². The van der Waals surface area contributed by atoms with E-state index in [9.17, 15) is 19.2 Å². The molecule has 0 unspecified atom stereocenters. The Hall–Kier alpha value is -2.94. The molecule has 0 aliphatic carbocycles. The van der Waals surface area contributed by atoms with Crippen LogP contribution >= 0.6 is 0 Å². The summed E-state index contributed by atoms with van der Waals surface area (Å²) in [7, 11) is 3.43. The number of nitrogens with two attached hydrogens (primary N) is 1. The minimum Gasteiger partial charge on any atom is -0.480 e. The Balaban J connectivity index is 0.000000758. The zero-order chi connectivity index (χ0) is 20.1. The number of aliphatic carboxylic acids is 2. The molecule has 9 heteroatoms. The van der Waals surface area contributed by atoms with Gasteiger partial charge in [0.05, 0.1) is 13.0 Å². The maximum atomic E-state index is 11.7. The van der Waals surface area contributed by atoms with Crippen molar-refractivity contribution in [3.05, 3.63) is 35.9 Å². The molecule has 0 heterocycles. The third-order valence-corrected chi connectivity index (χ3v) is 2.97. The van der Waals surface area contributed by atoms with Gasteiger partial charge in [-0.3, -0.25) is 19.3 Å². The molecule has 144 valence electrons. The van der Waals surface area contributed by atoms with E-state index in [0.29, 0.717) is 0 Å². The summed E-state index contributed by atoms with van der Waals surface area (Å²) >= 11 is 0. The van der Waals surface area contributed by atoms with Crippen molar-refractivity contribution in [1.29, 1.82) is 0 Å². The molecule has 9 nitrogen and oxygen atoms in total. The minimum atomic E-state index is -1.18. The first-order valence-electron chi connectivity index (χ1n) is 7.82. The van der Waals surface area contributed by atoms with Crippen molar-refractivity contribution in [2.45, 2.75) is 25.3 Å². The second kappa shape index (κ2) is 12.4. The van der Waals surface area contributed by atoms with Gasteiger partial charge >= 0.3 is 11.9 Å². The van der Waals surface area contributed by atoms with Gasteiger partial charge in [0.1, 0.15) is 6.04 Å². The molecule has 0 saturated carbocycles. The number of likely N-dealkylation sites (N-methyl/N-ethyl adjacent to an activating group) is 1. The monoisotopic (exact) mass is 367 g/mol. The van der Waals surface area contributed by atoms with Gasteiger partial charge in [0.2, 0.25) is 11.8 Å².